The molecule has 0 aromatic carbocycles. The Balaban J connectivity index is -0.0000000466. The Hall–Kier alpha value is 2.75. The van der Waals surface area contributed by atoms with Gasteiger partial charge in [-0.25, -0.2) is 4.57 Å². The van der Waals surface area contributed by atoms with Gasteiger partial charge in [-0.15, -0.1) is 0 Å². The van der Waals surface area contributed by atoms with E-state index in [1.54, 1.807) is 0 Å². The zero-order chi connectivity index (χ0) is 35.0. The van der Waals surface area contributed by atoms with Crippen molar-refractivity contribution in [3.63, 3.8) is 0 Å². The van der Waals surface area contributed by atoms with Crippen LogP contribution in [0.5, 0.6) is 0 Å². The van der Waals surface area contributed by atoms with Gasteiger partial charge in [-0.3, -0.25) is 4.52 Å². The Morgan fingerprint density at radius 2 is 0.907 bits per heavy atom. The van der Waals surface area contributed by atoms with Crippen LogP contribution in [0, 0.1) is 52.8 Å². The van der Waals surface area contributed by atoms with E-state index in [0.717, 1.165) is 0 Å². The minimum atomic E-state index is -2.62. The van der Waals surface area contributed by atoms with Crippen molar-refractivity contribution in [2.75, 3.05) is 106 Å². The van der Waals surface area contributed by atoms with Gasteiger partial charge in [-0.1, -0.05) is 14.9 Å². The zero-order valence-electron chi connectivity index (χ0n) is 27.6. The van der Waals surface area contributed by atoms with Crippen molar-refractivity contribution >= 4 is 34.5 Å². The molecule has 4 saturated heterocycles. The average Bonchev–Trinajstić information content (AvgIpc) is 3.09. The van der Waals surface area contributed by atoms with E-state index in [1.165, 1.54) is 0 Å². The Labute approximate surface area is 369 Å². The van der Waals surface area contributed by atoms with Gasteiger partial charge < -0.3 is 115 Å². The van der Waals surface area contributed by atoms with Gasteiger partial charge in [-0.05, 0) is 0 Å². The molecule has 4 heterocycles. The molecule has 54 heavy (non-hydrogen) atoms. The van der Waals surface area contributed by atoms with Crippen LogP contribution >= 0.6 is 34.5 Å². The molecule has 25 nitrogen and oxygen atoms in total. The standard InChI is InChI=1S/2C5H11O5P.C5H9O4P.C5H12O4.2CH4.H3O3P.4H2O.U.V.W/c6-1-5(2-7)3-9-11(8)10-4-5;6-1-5(2-7,3-8)4-10-11-9;6-1-5-2-7-10(8-3-5)9-4-5;6-1-5(2-7,3-8)4-9;;;1-4(2)3;;;;;;;/h2*6-8H,1-4H2;6H,1-4H2;6-9H,1-4H2;2*1H4;1-3H;4*1H2;;;. The Bertz CT molecular complexity index is 684. The first-order chi connectivity index (χ1) is 21.3. The van der Waals surface area contributed by atoms with E-state index in [0.29, 0.717) is 19.8 Å². The molecule has 22 N–H and O–H groups in total. The number of hydrogen-bond donors (Lipinski definition) is 14. The van der Waals surface area contributed by atoms with Crippen molar-refractivity contribution in [1.29, 1.82) is 0 Å². The summed E-state index contributed by atoms with van der Waals surface area (Å²) in [5, 5.41) is 86.7. The molecular formula is C22H62O25P4UVW. The van der Waals surface area contributed by atoms with Crippen LogP contribution in [0.4, 0.5) is 0 Å². The van der Waals surface area contributed by atoms with E-state index < -0.39 is 97.0 Å². The fraction of sp³-hybridized carbons (Fsp3) is 1.00. The largest absolute Gasteiger partial charge is 0.412 e. The summed E-state index contributed by atoms with van der Waals surface area (Å²) in [5.74, 6) is 0. The quantitative estimate of drug-likeness (QED) is 0.0763. The number of hydrogen-bond acceptors (Lipinski definition) is 21. The molecule has 0 saturated carbocycles. The van der Waals surface area contributed by atoms with E-state index in [-0.39, 0.29) is 153 Å². The molecule has 2 bridgehead atoms. The van der Waals surface area contributed by atoms with Gasteiger partial charge in [0.05, 0.1) is 127 Å². The minimum Gasteiger partial charge on any atom is -0.412 e. The van der Waals surface area contributed by atoms with Gasteiger partial charge in [0, 0.05) is 70.7 Å². The van der Waals surface area contributed by atoms with Gasteiger partial charge in [0.2, 0.25) is 0 Å². The molecule has 4 rings (SSSR count). The zero-order valence-corrected chi connectivity index (χ0v) is 39.6. The molecule has 0 unspecified atom stereocenters. The molecule has 0 spiro atoms. The smallest absolute Gasteiger partial charge is 0.332 e. The van der Waals surface area contributed by atoms with E-state index in [9.17, 15) is 4.57 Å². The monoisotopic (exact) mass is 1320 g/mol. The number of aliphatic hydroxyl groups is 10. The van der Waals surface area contributed by atoms with Crippen molar-refractivity contribution < 1.29 is 195 Å². The maximum Gasteiger partial charge on any atom is 0.332 e. The molecule has 4 aliphatic heterocycles. The van der Waals surface area contributed by atoms with Crippen molar-refractivity contribution in [3.8, 4) is 0 Å². The SMILES string of the molecule is C.C.O.O.O.O.O=POCC(CO)(CO)CO.OCC(CO)(CO)CO.OCC1(CO)COP(O)OC1.OCC12COP(OC1)OC2.OP(O)O.[U].[V].[W]. The van der Waals surface area contributed by atoms with Crippen molar-refractivity contribution in [2.45, 2.75) is 14.9 Å². The fourth-order valence-corrected chi connectivity index (χ4v) is 4.92. The normalized spacial score (nSPS) is 18.8. The summed E-state index contributed by atoms with van der Waals surface area (Å²) in [6.07, 6.45) is 0. The molecule has 4 aliphatic rings. The predicted octanol–water partition coefficient (Wildman–Crippen LogP) is -6.23. The van der Waals surface area contributed by atoms with Gasteiger partial charge in [-0.2, -0.15) is 0 Å². The topological polar surface area (TPSA) is 482 Å². The Morgan fingerprint density at radius 1 is 0.611 bits per heavy atom. The van der Waals surface area contributed by atoms with Gasteiger partial charge >= 0.3 is 34.5 Å². The van der Waals surface area contributed by atoms with Crippen LogP contribution in [-0.4, -0.2) is 198 Å². The Kier molecular flexibility index (Phi) is 75.6. The summed E-state index contributed by atoms with van der Waals surface area (Å²) < 4.78 is 39.1. The second kappa shape index (κ2) is 48.4. The van der Waals surface area contributed by atoms with Crippen LogP contribution in [0.15, 0.2) is 0 Å². The first-order valence-corrected chi connectivity index (χ1v) is 16.8. The van der Waals surface area contributed by atoms with Crippen molar-refractivity contribution in [3.05, 3.63) is 0 Å². The number of aliphatic hydroxyl groups excluding tert-OH is 10. The second-order valence-corrected chi connectivity index (χ2v) is 13.2. The maximum atomic E-state index is 9.83. The van der Waals surface area contributed by atoms with E-state index in [4.69, 9.17) is 93.3 Å². The predicted molar refractivity (Wildman–Crippen MR) is 181 cm³/mol. The van der Waals surface area contributed by atoms with E-state index in [1.807, 2.05) is 0 Å². The maximum absolute atomic E-state index is 9.83. The molecule has 0 aromatic rings. The van der Waals surface area contributed by atoms with Crippen LogP contribution in [0.3, 0.4) is 0 Å². The Morgan fingerprint density at radius 3 is 1.09 bits per heavy atom. The summed E-state index contributed by atoms with van der Waals surface area (Å²) in [4.78, 5) is 30.5. The third-order valence-corrected chi connectivity index (χ3v) is 8.12. The number of rotatable bonds is 13. The molecule has 1 radical (unpaired) electrons. The molecule has 0 amide bonds. The van der Waals surface area contributed by atoms with Crippen LogP contribution < -0.4 is 0 Å². The molecular weight excluding hydrogens is 1260 g/mol. The van der Waals surface area contributed by atoms with E-state index >= 15 is 0 Å². The van der Waals surface area contributed by atoms with Crippen LogP contribution in [0.1, 0.15) is 14.9 Å². The third kappa shape index (κ3) is 34.5. The van der Waals surface area contributed by atoms with Crippen molar-refractivity contribution in [2.24, 2.45) is 21.7 Å². The first-order valence-electron chi connectivity index (χ1n) is 12.6. The molecule has 335 valence electrons. The minimum absolute atomic E-state index is 0. The summed E-state index contributed by atoms with van der Waals surface area (Å²) in [5.41, 5.74) is -3.20. The van der Waals surface area contributed by atoms with Crippen molar-refractivity contribution in [1.82, 2.24) is 0 Å². The van der Waals surface area contributed by atoms with Crippen LogP contribution in [0.2, 0.25) is 0 Å². The molecule has 4 fully saturated rings. The third-order valence-electron chi connectivity index (χ3n) is 6.17. The summed E-state index contributed by atoms with van der Waals surface area (Å²) in [7, 11) is -5.98. The summed E-state index contributed by atoms with van der Waals surface area (Å²) in [6, 6.07) is 0. The van der Waals surface area contributed by atoms with Crippen LogP contribution in [0.25, 0.3) is 0 Å². The van der Waals surface area contributed by atoms with Gasteiger partial charge in [0.1, 0.15) is 0 Å². The molecule has 32 heteroatoms. The van der Waals surface area contributed by atoms with E-state index in [2.05, 4.69) is 4.52 Å². The molecule has 0 aliphatic carbocycles. The van der Waals surface area contributed by atoms with Gasteiger partial charge in [0.15, 0.2) is 0 Å². The fourth-order valence-electron chi connectivity index (χ4n) is 2.39. The average molecular weight is 1320 g/mol. The first kappa shape index (κ1) is 84.3. The number of fused-ring (bicyclic) bond motifs is 3. The summed E-state index contributed by atoms with van der Waals surface area (Å²) >= 11 is 0. The molecule has 0 aromatic heterocycles. The van der Waals surface area contributed by atoms with Crippen LogP contribution in [-0.2, 0) is 71.3 Å². The molecule has 0 atom stereocenters. The summed E-state index contributed by atoms with van der Waals surface area (Å²) in [6.45, 7) is -1.29. The second-order valence-electron chi connectivity index (χ2n) is 10.0. The van der Waals surface area contributed by atoms with Gasteiger partial charge in [0.25, 0.3) is 0 Å².